The van der Waals surface area contributed by atoms with Gasteiger partial charge in [0.05, 0.1) is 0 Å². The summed E-state index contributed by atoms with van der Waals surface area (Å²) < 4.78 is 0. The van der Waals surface area contributed by atoms with Crippen molar-refractivity contribution in [3.63, 3.8) is 0 Å². The van der Waals surface area contributed by atoms with Crippen LogP contribution in [0.25, 0.3) is 0 Å². The molecule has 0 nitrogen and oxygen atoms in total. The average molecular weight is 259 g/mol. The summed E-state index contributed by atoms with van der Waals surface area (Å²) in [5.74, 6) is 0. The van der Waals surface area contributed by atoms with Gasteiger partial charge in [0.2, 0.25) is 0 Å². The smallest absolute Gasteiger partial charge is 0.0359 e. The molecular formula is C16H36P. The molecule has 0 fully saturated rings. The minimum Gasteiger partial charge on any atom is -0.125 e. The van der Waals surface area contributed by atoms with E-state index >= 15 is 0 Å². The third kappa shape index (κ3) is 8.20. The minimum atomic E-state index is -0.562. The van der Waals surface area contributed by atoms with Crippen LogP contribution < -0.4 is 0 Å². The van der Waals surface area contributed by atoms with Crippen LogP contribution in [0, 0.1) is 0 Å². The van der Waals surface area contributed by atoms with Crippen LogP contribution >= 0.6 is 7.26 Å². The topological polar surface area (TPSA) is 0 Å². The second-order valence-corrected chi connectivity index (χ2v) is 10.1. The van der Waals surface area contributed by atoms with Gasteiger partial charge in [-0.05, 0) is 50.3 Å². The first-order valence-corrected chi connectivity index (χ1v) is 10.6. The molecule has 0 aliphatic carbocycles. The van der Waals surface area contributed by atoms with Gasteiger partial charge in [0, 0.05) is 0 Å². The first-order valence-electron chi connectivity index (χ1n) is 8.09. The van der Waals surface area contributed by atoms with Crippen molar-refractivity contribution in [1.82, 2.24) is 0 Å². The van der Waals surface area contributed by atoms with E-state index in [2.05, 4.69) is 27.7 Å². The van der Waals surface area contributed by atoms with Crippen molar-refractivity contribution in [1.29, 1.82) is 0 Å². The number of hydrogen-bond acceptors (Lipinski definition) is 0. The second kappa shape index (κ2) is 11.5. The van der Waals surface area contributed by atoms with Gasteiger partial charge in [-0.2, -0.15) is 0 Å². The van der Waals surface area contributed by atoms with E-state index in [4.69, 9.17) is 0 Å². The third-order valence-electron chi connectivity index (χ3n) is 3.94. The van der Waals surface area contributed by atoms with Crippen molar-refractivity contribution in [2.24, 2.45) is 0 Å². The Morgan fingerprint density at radius 2 is 0.706 bits per heavy atom. The van der Waals surface area contributed by atoms with Gasteiger partial charge in [-0.15, -0.1) is 7.26 Å². The summed E-state index contributed by atoms with van der Waals surface area (Å²) in [6.45, 7) is 9.42. The first kappa shape index (κ1) is 17.4. The Morgan fingerprint density at radius 1 is 0.471 bits per heavy atom. The lowest BCUT2D eigenvalue weighted by molar-refractivity contribution is 0.814. The van der Waals surface area contributed by atoms with Crippen LogP contribution in [0.2, 0.25) is 0 Å². The van der Waals surface area contributed by atoms with E-state index < -0.39 is 7.26 Å². The highest BCUT2D eigenvalue weighted by Crippen LogP contribution is 2.61. The molecule has 0 aromatic rings. The molecule has 0 aliphatic heterocycles. The van der Waals surface area contributed by atoms with Gasteiger partial charge in [0.1, 0.15) is 0 Å². The Kier molecular flexibility index (Phi) is 11.8. The van der Waals surface area contributed by atoms with Crippen LogP contribution in [0.5, 0.6) is 0 Å². The van der Waals surface area contributed by atoms with Gasteiger partial charge < -0.3 is 0 Å². The fourth-order valence-electron chi connectivity index (χ4n) is 2.64. The van der Waals surface area contributed by atoms with E-state index in [1.165, 1.54) is 51.4 Å². The predicted molar refractivity (Wildman–Crippen MR) is 86.0 cm³/mol. The SMILES string of the molecule is CCCC[P](CCCC)(CCCC)CCCC. The van der Waals surface area contributed by atoms with Crippen molar-refractivity contribution in [2.45, 2.75) is 79.1 Å². The second-order valence-electron chi connectivity index (χ2n) is 5.65. The molecule has 17 heavy (non-hydrogen) atoms. The standard InChI is InChI=1S/C16H36P/c1-5-9-13-17(14-10-6-2,15-11-7-3)16-12-8-4/h5-16H2,1-4H3. The molecule has 0 aromatic carbocycles. The number of hydrogen-bond donors (Lipinski definition) is 0. The molecule has 1 radical (unpaired) electrons. The highest BCUT2D eigenvalue weighted by atomic mass is 31.2. The molecule has 1 heteroatoms. The van der Waals surface area contributed by atoms with Crippen molar-refractivity contribution >= 4 is 7.26 Å². The molecular weight excluding hydrogens is 223 g/mol. The fourth-order valence-corrected chi connectivity index (χ4v) is 7.93. The van der Waals surface area contributed by atoms with E-state index in [0.29, 0.717) is 0 Å². The highest BCUT2D eigenvalue weighted by molar-refractivity contribution is 7.75. The molecule has 0 unspecified atom stereocenters. The highest BCUT2D eigenvalue weighted by Gasteiger charge is 2.24. The van der Waals surface area contributed by atoms with Crippen LogP contribution in [-0.2, 0) is 0 Å². The van der Waals surface area contributed by atoms with Crippen LogP contribution in [-0.4, -0.2) is 24.6 Å². The van der Waals surface area contributed by atoms with Gasteiger partial charge >= 0.3 is 0 Å². The molecule has 105 valence electrons. The lowest BCUT2D eigenvalue weighted by Gasteiger charge is -2.37. The Balaban J connectivity index is 4.39. The van der Waals surface area contributed by atoms with Crippen LogP contribution in [0.3, 0.4) is 0 Å². The molecule has 0 amide bonds. The maximum absolute atomic E-state index is 2.36. The predicted octanol–water partition coefficient (Wildman–Crippen LogP) is 6.20. The molecule has 0 atom stereocenters. The summed E-state index contributed by atoms with van der Waals surface area (Å²) >= 11 is 0. The van der Waals surface area contributed by atoms with E-state index in [-0.39, 0.29) is 0 Å². The zero-order valence-corrected chi connectivity index (χ0v) is 13.8. The molecule has 0 N–H and O–H groups in total. The van der Waals surface area contributed by atoms with Crippen molar-refractivity contribution in [3.05, 3.63) is 0 Å². The van der Waals surface area contributed by atoms with Crippen molar-refractivity contribution in [3.8, 4) is 0 Å². The summed E-state index contributed by atoms with van der Waals surface area (Å²) in [5, 5.41) is 0. The normalized spacial score (nSPS) is 12.0. The van der Waals surface area contributed by atoms with Crippen molar-refractivity contribution < 1.29 is 0 Å². The molecule has 0 aliphatic rings. The summed E-state index contributed by atoms with van der Waals surface area (Å²) in [4.78, 5) is 0. The Labute approximate surface area is 111 Å². The summed E-state index contributed by atoms with van der Waals surface area (Å²) in [5.41, 5.74) is 0. The van der Waals surface area contributed by atoms with E-state index in [1.807, 2.05) is 0 Å². The van der Waals surface area contributed by atoms with Crippen LogP contribution in [0.1, 0.15) is 79.1 Å². The molecule has 0 saturated carbocycles. The average Bonchev–Trinajstić information content (AvgIpc) is 2.37. The molecule has 0 heterocycles. The summed E-state index contributed by atoms with van der Waals surface area (Å²) in [7, 11) is -0.562. The van der Waals surface area contributed by atoms with Crippen LogP contribution in [0.4, 0.5) is 0 Å². The fraction of sp³-hybridized carbons (Fsp3) is 1.00. The lowest BCUT2D eigenvalue weighted by Crippen LogP contribution is -2.12. The van der Waals surface area contributed by atoms with Gasteiger partial charge in [0.25, 0.3) is 0 Å². The van der Waals surface area contributed by atoms with E-state index in [9.17, 15) is 0 Å². The van der Waals surface area contributed by atoms with E-state index in [0.717, 1.165) is 0 Å². The summed E-state index contributed by atoms with van der Waals surface area (Å²) in [6.07, 6.45) is 17.9. The molecule has 0 rings (SSSR count). The van der Waals surface area contributed by atoms with Gasteiger partial charge in [-0.3, -0.25) is 0 Å². The molecule has 0 spiro atoms. The zero-order valence-electron chi connectivity index (χ0n) is 12.9. The largest absolute Gasteiger partial charge is 0.125 e. The zero-order chi connectivity index (χ0) is 13.0. The minimum absolute atomic E-state index is 0.562. The molecule has 0 aromatic heterocycles. The number of unbranched alkanes of at least 4 members (excludes halogenated alkanes) is 4. The van der Waals surface area contributed by atoms with Gasteiger partial charge in [0.15, 0.2) is 0 Å². The van der Waals surface area contributed by atoms with Crippen LogP contribution in [0.15, 0.2) is 0 Å². The Morgan fingerprint density at radius 3 is 0.882 bits per heavy atom. The Bertz CT molecular complexity index is 116. The lowest BCUT2D eigenvalue weighted by atomic mass is 10.4. The first-order chi connectivity index (χ1) is 8.24. The molecule has 0 bridgehead atoms. The summed E-state index contributed by atoms with van der Waals surface area (Å²) in [6, 6.07) is 0. The molecule has 0 saturated heterocycles. The van der Waals surface area contributed by atoms with Crippen molar-refractivity contribution in [2.75, 3.05) is 24.6 Å². The Hall–Kier alpha value is 0.430. The quantitative estimate of drug-likeness (QED) is 0.366. The van der Waals surface area contributed by atoms with Gasteiger partial charge in [-0.25, -0.2) is 0 Å². The maximum atomic E-state index is 2.36. The maximum Gasteiger partial charge on any atom is -0.0359 e. The van der Waals surface area contributed by atoms with Gasteiger partial charge in [-0.1, -0.05) is 53.4 Å². The number of rotatable bonds is 12. The van der Waals surface area contributed by atoms with E-state index in [1.54, 1.807) is 24.6 Å². The monoisotopic (exact) mass is 259 g/mol. The third-order valence-corrected chi connectivity index (χ3v) is 9.00.